The highest BCUT2D eigenvalue weighted by Gasteiger charge is 2.12. The van der Waals surface area contributed by atoms with Crippen molar-refractivity contribution in [2.45, 2.75) is 18.6 Å². The minimum atomic E-state index is 0.890. The number of piperidine rings is 1. The van der Waals surface area contributed by atoms with Gasteiger partial charge in [-0.05, 0) is 37.6 Å². The van der Waals surface area contributed by atoms with Gasteiger partial charge in [0.1, 0.15) is 0 Å². The molecule has 78 valence electrons. The Morgan fingerprint density at radius 1 is 1.64 bits per heavy atom. The van der Waals surface area contributed by atoms with Crippen LogP contribution >= 0.6 is 23.1 Å². The van der Waals surface area contributed by atoms with Crippen molar-refractivity contribution in [3.63, 3.8) is 0 Å². The van der Waals surface area contributed by atoms with Gasteiger partial charge in [-0.3, -0.25) is 4.98 Å². The SMILES string of the molecule is c1ncc(CSC[C@@H]2CCCNC2)s1. The van der Waals surface area contributed by atoms with Crippen LogP contribution in [0, 0.1) is 5.92 Å². The normalized spacial score (nSPS) is 22.4. The van der Waals surface area contributed by atoms with Crippen LogP contribution in [-0.4, -0.2) is 23.8 Å². The van der Waals surface area contributed by atoms with E-state index >= 15 is 0 Å². The second-order valence-electron chi connectivity index (χ2n) is 3.70. The third-order valence-corrected chi connectivity index (χ3v) is 4.66. The summed E-state index contributed by atoms with van der Waals surface area (Å²) < 4.78 is 0. The molecule has 0 saturated carbocycles. The van der Waals surface area contributed by atoms with Crippen LogP contribution in [0.15, 0.2) is 11.7 Å². The second kappa shape index (κ2) is 5.73. The van der Waals surface area contributed by atoms with Crippen molar-refractivity contribution in [2.24, 2.45) is 5.92 Å². The van der Waals surface area contributed by atoms with Gasteiger partial charge in [0.2, 0.25) is 0 Å². The molecule has 0 radical (unpaired) electrons. The van der Waals surface area contributed by atoms with E-state index in [4.69, 9.17) is 0 Å². The van der Waals surface area contributed by atoms with Crippen molar-refractivity contribution in [1.29, 1.82) is 0 Å². The average Bonchev–Trinajstić information content (AvgIpc) is 2.72. The molecule has 0 aromatic carbocycles. The molecule has 1 aliphatic rings. The molecule has 1 N–H and O–H groups in total. The molecule has 1 aliphatic heterocycles. The Bertz CT molecular complexity index is 243. The zero-order valence-electron chi connectivity index (χ0n) is 8.24. The van der Waals surface area contributed by atoms with Crippen LogP contribution in [-0.2, 0) is 5.75 Å². The van der Waals surface area contributed by atoms with E-state index in [2.05, 4.69) is 10.3 Å². The third-order valence-electron chi connectivity index (χ3n) is 2.48. The summed E-state index contributed by atoms with van der Waals surface area (Å²) in [5, 5.41) is 3.46. The summed E-state index contributed by atoms with van der Waals surface area (Å²) in [6, 6.07) is 0. The minimum absolute atomic E-state index is 0.890. The Hall–Kier alpha value is -0.0600. The summed E-state index contributed by atoms with van der Waals surface area (Å²) in [7, 11) is 0. The van der Waals surface area contributed by atoms with Crippen LogP contribution in [0.3, 0.4) is 0 Å². The highest BCUT2D eigenvalue weighted by molar-refractivity contribution is 7.98. The van der Waals surface area contributed by atoms with Crippen LogP contribution in [0.5, 0.6) is 0 Å². The van der Waals surface area contributed by atoms with Gasteiger partial charge in [0, 0.05) is 16.8 Å². The maximum Gasteiger partial charge on any atom is 0.0794 e. The molecular formula is C10H16N2S2. The van der Waals surface area contributed by atoms with E-state index in [9.17, 15) is 0 Å². The fourth-order valence-electron chi connectivity index (χ4n) is 1.71. The first-order valence-corrected chi connectivity index (χ1v) is 7.14. The Morgan fingerprint density at radius 3 is 3.36 bits per heavy atom. The van der Waals surface area contributed by atoms with E-state index in [1.54, 1.807) is 11.3 Å². The van der Waals surface area contributed by atoms with E-state index in [-0.39, 0.29) is 0 Å². The lowest BCUT2D eigenvalue weighted by molar-refractivity contribution is 0.410. The predicted molar refractivity (Wildman–Crippen MR) is 63.9 cm³/mol. The Kier molecular flexibility index (Phi) is 4.28. The van der Waals surface area contributed by atoms with Gasteiger partial charge in [-0.25, -0.2) is 0 Å². The van der Waals surface area contributed by atoms with Crippen molar-refractivity contribution < 1.29 is 0 Å². The molecule has 14 heavy (non-hydrogen) atoms. The Labute approximate surface area is 93.5 Å². The molecular weight excluding hydrogens is 212 g/mol. The number of thiazole rings is 1. The van der Waals surface area contributed by atoms with Crippen LogP contribution in [0.1, 0.15) is 17.7 Å². The lowest BCUT2D eigenvalue weighted by atomic mass is 10.0. The molecule has 1 atom stereocenters. The number of thioether (sulfide) groups is 1. The Morgan fingerprint density at radius 2 is 2.64 bits per heavy atom. The van der Waals surface area contributed by atoms with Gasteiger partial charge in [0.25, 0.3) is 0 Å². The standard InChI is InChI=1S/C10H16N2S2/c1-2-9(4-11-3-1)6-13-7-10-5-12-8-14-10/h5,8-9,11H,1-4,6-7H2/t9-/m1/s1. The smallest absolute Gasteiger partial charge is 0.0794 e. The molecule has 0 aliphatic carbocycles. The van der Waals surface area contributed by atoms with Gasteiger partial charge in [0.15, 0.2) is 0 Å². The van der Waals surface area contributed by atoms with Gasteiger partial charge in [-0.1, -0.05) is 0 Å². The first-order chi connectivity index (χ1) is 6.95. The summed E-state index contributed by atoms with van der Waals surface area (Å²) in [5.41, 5.74) is 1.91. The molecule has 0 unspecified atom stereocenters. The molecule has 0 bridgehead atoms. The molecule has 2 heterocycles. The van der Waals surface area contributed by atoms with Crippen molar-refractivity contribution in [3.05, 3.63) is 16.6 Å². The van der Waals surface area contributed by atoms with Gasteiger partial charge in [-0.2, -0.15) is 11.8 Å². The molecule has 1 fully saturated rings. The van der Waals surface area contributed by atoms with Crippen molar-refractivity contribution in [1.82, 2.24) is 10.3 Å². The largest absolute Gasteiger partial charge is 0.316 e. The zero-order valence-corrected chi connectivity index (χ0v) is 9.87. The Balaban J connectivity index is 1.62. The summed E-state index contributed by atoms with van der Waals surface area (Å²) in [4.78, 5) is 5.48. The van der Waals surface area contributed by atoms with Crippen LogP contribution in [0.25, 0.3) is 0 Å². The number of nitrogens with one attached hydrogen (secondary N) is 1. The van der Waals surface area contributed by atoms with Crippen molar-refractivity contribution in [3.8, 4) is 0 Å². The van der Waals surface area contributed by atoms with Gasteiger partial charge >= 0.3 is 0 Å². The first kappa shape index (κ1) is 10.5. The highest BCUT2D eigenvalue weighted by atomic mass is 32.2. The van der Waals surface area contributed by atoms with E-state index < -0.39 is 0 Å². The first-order valence-electron chi connectivity index (χ1n) is 5.11. The van der Waals surface area contributed by atoms with Crippen LogP contribution in [0.2, 0.25) is 0 Å². The second-order valence-corrected chi connectivity index (χ2v) is 5.70. The average molecular weight is 228 g/mol. The fraction of sp³-hybridized carbons (Fsp3) is 0.700. The molecule has 0 amide bonds. The molecule has 2 nitrogen and oxygen atoms in total. The number of hydrogen-bond donors (Lipinski definition) is 1. The lowest BCUT2D eigenvalue weighted by Crippen LogP contribution is -2.30. The molecule has 0 spiro atoms. The van der Waals surface area contributed by atoms with Crippen molar-refractivity contribution >= 4 is 23.1 Å². The van der Waals surface area contributed by atoms with Crippen LogP contribution < -0.4 is 5.32 Å². The number of aromatic nitrogens is 1. The van der Waals surface area contributed by atoms with E-state index in [1.807, 2.05) is 23.5 Å². The van der Waals surface area contributed by atoms with Crippen LogP contribution in [0.4, 0.5) is 0 Å². The summed E-state index contributed by atoms with van der Waals surface area (Å²) in [6.07, 6.45) is 4.74. The quantitative estimate of drug-likeness (QED) is 0.856. The van der Waals surface area contributed by atoms with E-state index in [0.717, 1.165) is 11.7 Å². The number of hydrogen-bond acceptors (Lipinski definition) is 4. The number of rotatable bonds is 4. The molecule has 1 aromatic heterocycles. The highest BCUT2D eigenvalue weighted by Crippen LogP contribution is 2.21. The van der Waals surface area contributed by atoms with Gasteiger partial charge in [-0.15, -0.1) is 11.3 Å². The summed E-state index contributed by atoms with van der Waals surface area (Å²) >= 11 is 3.81. The van der Waals surface area contributed by atoms with Gasteiger partial charge in [0.05, 0.1) is 5.51 Å². The fourth-order valence-corrected chi connectivity index (χ4v) is 3.62. The molecule has 2 rings (SSSR count). The molecule has 1 saturated heterocycles. The van der Waals surface area contributed by atoms with E-state index in [1.165, 1.54) is 36.6 Å². The maximum absolute atomic E-state index is 4.08. The predicted octanol–water partition coefficient (Wildman–Crippen LogP) is 2.38. The van der Waals surface area contributed by atoms with Crippen molar-refractivity contribution in [2.75, 3.05) is 18.8 Å². The minimum Gasteiger partial charge on any atom is -0.316 e. The molecule has 4 heteroatoms. The topological polar surface area (TPSA) is 24.9 Å². The summed E-state index contributed by atoms with van der Waals surface area (Å²) in [5.74, 6) is 3.33. The monoisotopic (exact) mass is 228 g/mol. The third kappa shape index (κ3) is 3.26. The maximum atomic E-state index is 4.08. The van der Waals surface area contributed by atoms with Gasteiger partial charge < -0.3 is 5.32 Å². The summed E-state index contributed by atoms with van der Waals surface area (Å²) in [6.45, 7) is 2.44. The lowest BCUT2D eigenvalue weighted by Gasteiger charge is -2.21. The zero-order chi connectivity index (χ0) is 9.64. The molecule has 1 aromatic rings. The number of nitrogens with zero attached hydrogens (tertiary/aromatic N) is 1. The van der Waals surface area contributed by atoms with E-state index in [0.29, 0.717) is 0 Å².